The first kappa shape index (κ1) is 21.6. The molecule has 0 aliphatic carbocycles. The summed E-state index contributed by atoms with van der Waals surface area (Å²) in [4.78, 5) is 29.4. The zero-order chi connectivity index (χ0) is 22.8. The Hall–Kier alpha value is -3.64. The maximum Gasteiger partial charge on any atom is 0.295 e. The summed E-state index contributed by atoms with van der Waals surface area (Å²) in [6.07, 6.45) is 0. The number of amides is 1. The highest BCUT2D eigenvalue weighted by Crippen LogP contribution is 2.40. The third-order valence-corrected chi connectivity index (χ3v) is 5.82. The lowest BCUT2D eigenvalue weighted by atomic mass is 9.94. The number of nitrogens with zero attached hydrogens (tertiary/aromatic N) is 2. The fraction of sp³-hybridized carbons (Fsp3) is 0.231. The van der Waals surface area contributed by atoms with Crippen molar-refractivity contribution in [3.8, 4) is 0 Å². The normalized spacial score (nSPS) is 17.8. The summed E-state index contributed by atoms with van der Waals surface area (Å²) < 4.78 is 5.16. The first-order chi connectivity index (χ1) is 15.4. The molecule has 1 heterocycles. The number of hydrogen-bond acceptors (Lipinski definition) is 5. The number of fused-ring (bicyclic) bond motifs is 1. The van der Waals surface area contributed by atoms with Gasteiger partial charge in [-0.15, -0.1) is 0 Å². The Morgan fingerprint density at radius 1 is 1.00 bits per heavy atom. The molecule has 0 radical (unpaired) electrons. The molecule has 0 spiro atoms. The van der Waals surface area contributed by atoms with Crippen LogP contribution in [0.25, 0.3) is 16.5 Å². The molecule has 3 aromatic carbocycles. The van der Waals surface area contributed by atoms with Crippen LogP contribution in [0.2, 0.25) is 0 Å². The Morgan fingerprint density at radius 3 is 2.34 bits per heavy atom. The van der Waals surface area contributed by atoms with Gasteiger partial charge < -0.3 is 19.6 Å². The number of methoxy groups -OCH3 is 1. The van der Waals surface area contributed by atoms with Gasteiger partial charge in [-0.2, -0.15) is 0 Å². The minimum Gasteiger partial charge on any atom is -0.507 e. The van der Waals surface area contributed by atoms with Crippen LogP contribution in [0.3, 0.4) is 0 Å². The van der Waals surface area contributed by atoms with Crippen LogP contribution in [-0.4, -0.2) is 56.1 Å². The molecule has 3 aromatic rings. The smallest absolute Gasteiger partial charge is 0.295 e. The summed E-state index contributed by atoms with van der Waals surface area (Å²) in [5.41, 5.74) is 2.35. The number of ketones is 1. The van der Waals surface area contributed by atoms with E-state index in [2.05, 4.69) is 0 Å². The van der Waals surface area contributed by atoms with Crippen molar-refractivity contribution < 1.29 is 19.4 Å². The number of ether oxygens (including phenoxy) is 1. The molecule has 1 aliphatic rings. The maximum atomic E-state index is 13.1. The summed E-state index contributed by atoms with van der Waals surface area (Å²) in [6.45, 7) is 0.533. The van der Waals surface area contributed by atoms with Crippen molar-refractivity contribution in [1.82, 2.24) is 4.90 Å². The molecule has 1 N–H and O–H groups in total. The van der Waals surface area contributed by atoms with Crippen molar-refractivity contribution in [2.45, 2.75) is 6.04 Å². The molecule has 32 heavy (non-hydrogen) atoms. The summed E-state index contributed by atoms with van der Waals surface area (Å²) in [6, 6.07) is 20.2. The van der Waals surface area contributed by atoms with E-state index in [1.807, 2.05) is 79.7 Å². The molecule has 1 atom stereocenters. The van der Waals surface area contributed by atoms with Crippen molar-refractivity contribution in [3.05, 3.63) is 83.4 Å². The van der Waals surface area contributed by atoms with E-state index in [1.54, 1.807) is 13.2 Å². The average Bonchev–Trinajstić information content (AvgIpc) is 3.06. The number of hydrogen-bond donors (Lipinski definition) is 1. The van der Waals surface area contributed by atoms with Crippen LogP contribution >= 0.6 is 0 Å². The molecule has 4 rings (SSSR count). The molecule has 1 unspecified atom stereocenters. The Bertz CT molecular complexity index is 1200. The van der Waals surface area contributed by atoms with Gasteiger partial charge in [0.1, 0.15) is 5.76 Å². The zero-order valence-electron chi connectivity index (χ0n) is 18.4. The van der Waals surface area contributed by atoms with E-state index < -0.39 is 17.7 Å². The lowest BCUT2D eigenvalue weighted by Crippen LogP contribution is -2.32. The van der Waals surface area contributed by atoms with Gasteiger partial charge in [-0.05, 0) is 34.5 Å². The van der Waals surface area contributed by atoms with Gasteiger partial charge in [-0.1, -0.05) is 48.5 Å². The maximum absolute atomic E-state index is 13.1. The lowest BCUT2D eigenvalue weighted by molar-refractivity contribution is -0.140. The standard InChI is InChI=1S/C26H26N2O4/c1-27(2)21-12-10-18(11-13-21)23-22(25(30)26(31)28(23)14-15-32-3)24(29)20-9-8-17-6-4-5-7-19(17)16-20/h4-13,16,23,29H,14-15H2,1-3H3/b24-22-. The number of aliphatic hydroxyl groups is 1. The predicted molar refractivity (Wildman–Crippen MR) is 126 cm³/mol. The highest BCUT2D eigenvalue weighted by molar-refractivity contribution is 6.46. The van der Waals surface area contributed by atoms with E-state index in [0.29, 0.717) is 5.56 Å². The molecule has 1 amide bonds. The van der Waals surface area contributed by atoms with Crippen molar-refractivity contribution in [2.24, 2.45) is 0 Å². The molecule has 1 aliphatic heterocycles. The Labute approximate surface area is 187 Å². The second kappa shape index (κ2) is 8.85. The summed E-state index contributed by atoms with van der Waals surface area (Å²) in [7, 11) is 5.44. The Morgan fingerprint density at radius 2 is 1.69 bits per heavy atom. The largest absolute Gasteiger partial charge is 0.507 e. The number of benzene rings is 3. The number of Topliss-reactive ketones (excluding diaryl/α,β-unsaturated/α-hetero) is 1. The first-order valence-corrected chi connectivity index (χ1v) is 10.5. The van der Waals surface area contributed by atoms with Crippen LogP contribution in [0.1, 0.15) is 17.2 Å². The Kier molecular flexibility index (Phi) is 5.97. The number of anilines is 1. The lowest BCUT2D eigenvalue weighted by Gasteiger charge is -2.25. The second-order valence-corrected chi connectivity index (χ2v) is 8.03. The first-order valence-electron chi connectivity index (χ1n) is 10.5. The molecular formula is C26H26N2O4. The van der Waals surface area contributed by atoms with Crippen molar-refractivity contribution in [3.63, 3.8) is 0 Å². The minimum absolute atomic E-state index is 0.0963. The monoisotopic (exact) mass is 430 g/mol. The topological polar surface area (TPSA) is 70.1 Å². The SMILES string of the molecule is COCCN1C(=O)C(=O)/C(=C(\O)c2ccc3ccccc3c2)C1c1ccc(N(C)C)cc1. The zero-order valence-corrected chi connectivity index (χ0v) is 18.4. The number of rotatable bonds is 6. The van der Waals surface area contributed by atoms with E-state index in [1.165, 1.54) is 4.90 Å². The fourth-order valence-electron chi connectivity index (χ4n) is 4.09. The van der Waals surface area contributed by atoms with Gasteiger partial charge in [-0.25, -0.2) is 0 Å². The fourth-order valence-corrected chi connectivity index (χ4v) is 4.09. The van der Waals surface area contributed by atoms with Gasteiger partial charge in [0.2, 0.25) is 0 Å². The van der Waals surface area contributed by atoms with Crippen LogP contribution in [0.4, 0.5) is 5.69 Å². The van der Waals surface area contributed by atoms with Gasteiger partial charge in [0.25, 0.3) is 11.7 Å². The van der Waals surface area contributed by atoms with Crippen LogP contribution in [-0.2, 0) is 14.3 Å². The molecule has 6 heteroatoms. The van der Waals surface area contributed by atoms with Crippen LogP contribution < -0.4 is 4.90 Å². The van der Waals surface area contributed by atoms with E-state index in [4.69, 9.17) is 4.74 Å². The quantitative estimate of drug-likeness (QED) is 0.364. The van der Waals surface area contributed by atoms with Gasteiger partial charge in [0, 0.05) is 39.0 Å². The number of aliphatic hydroxyl groups excluding tert-OH is 1. The van der Waals surface area contributed by atoms with Crippen molar-refractivity contribution in [1.29, 1.82) is 0 Å². The highest BCUT2D eigenvalue weighted by atomic mass is 16.5. The van der Waals surface area contributed by atoms with Gasteiger partial charge in [0.05, 0.1) is 18.2 Å². The molecule has 164 valence electrons. The molecule has 0 bridgehead atoms. The number of carbonyl (C=O) groups excluding carboxylic acids is 2. The van der Waals surface area contributed by atoms with E-state index in [9.17, 15) is 14.7 Å². The molecular weight excluding hydrogens is 404 g/mol. The number of carbonyl (C=O) groups is 2. The third-order valence-electron chi connectivity index (χ3n) is 5.82. The van der Waals surface area contributed by atoms with Crippen LogP contribution in [0.5, 0.6) is 0 Å². The van der Waals surface area contributed by atoms with E-state index in [0.717, 1.165) is 22.0 Å². The summed E-state index contributed by atoms with van der Waals surface area (Å²) >= 11 is 0. The van der Waals surface area contributed by atoms with Crippen LogP contribution in [0, 0.1) is 0 Å². The van der Waals surface area contributed by atoms with Gasteiger partial charge in [-0.3, -0.25) is 9.59 Å². The summed E-state index contributed by atoms with van der Waals surface area (Å²) in [5.74, 6) is -1.49. The van der Waals surface area contributed by atoms with Crippen LogP contribution in [0.15, 0.2) is 72.3 Å². The molecule has 6 nitrogen and oxygen atoms in total. The van der Waals surface area contributed by atoms with Gasteiger partial charge in [0.15, 0.2) is 0 Å². The second-order valence-electron chi connectivity index (χ2n) is 8.03. The summed E-state index contributed by atoms with van der Waals surface area (Å²) in [5, 5.41) is 13.2. The number of likely N-dealkylation sites (tertiary alicyclic amines) is 1. The van der Waals surface area contributed by atoms with Crippen molar-refractivity contribution >= 4 is 33.9 Å². The molecule has 0 aromatic heterocycles. The van der Waals surface area contributed by atoms with Crippen molar-refractivity contribution in [2.75, 3.05) is 39.3 Å². The van der Waals surface area contributed by atoms with Gasteiger partial charge >= 0.3 is 0 Å². The molecule has 1 saturated heterocycles. The highest BCUT2D eigenvalue weighted by Gasteiger charge is 2.45. The molecule has 1 fully saturated rings. The van der Waals surface area contributed by atoms with E-state index >= 15 is 0 Å². The third kappa shape index (κ3) is 3.85. The Balaban J connectivity index is 1.85. The van der Waals surface area contributed by atoms with E-state index in [-0.39, 0.29) is 24.5 Å². The molecule has 0 saturated carbocycles. The predicted octanol–water partition coefficient (Wildman–Crippen LogP) is 3.97. The average molecular weight is 431 g/mol. The minimum atomic E-state index is -0.687.